The molecule has 1 heterocycles. The zero-order chi connectivity index (χ0) is 12.3. The van der Waals surface area contributed by atoms with E-state index in [1.165, 1.54) is 0 Å². The maximum absolute atomic E-state index is 13.1. The average Bonchev–Trinajstić information content (AvgIpc) is 2.16. The molecule has 0 amide bonds. The minimum absolute atomic E-state index is 0.0786. The maximum Gasteiger partial charge on any atom is 0.275 e. The van der Waals surface area contributed by atoms with E-state index in [0.29, 0.717) is 6.92 Å². The highest BCUT2D eigenvalue weighted by molar-refractivity contribution is 6.31. The SMILES string of the molecule is CC(F)(COc1ncc(O)cc1Cl)C(F)F. The molecule has 16 heavy (non-hydrogen) atoms. The Morgan fingerprint density at radius 2 is 2.25 bits per heavy atom. The van der Waals surface area contributed by atoms with Gasteiger partial charge in [-0.25, -0.2) is 18.2 Å². The molecular formula is C9H9ClF3NO2. The van der Waals surface area contributed by atoms with Gasteiger partial charge in [-0.2, -0.15) is 0 Å². The summed E-state index contributed by atoms with van der Waals surface area (Å²) < 4.78 is 42.1. The molecule has 1 atom stereocenters. The van der Waals surface area contributed by atoms with Crippen LogP contribution in [0, 0.1) is 0 Å². The first-order valence-electron chi connectivity index (χ1n) is 4.27. The highest BCUT2D eigenvalue weighted by Gasteiger charge is 2.36. The average molecular weight is 256 g/mol. The predicted molar refractivity (Wildman–Crippen MR) is 51.9 cm³/mol. The Morgan fingerprint density at radius 3 is 2.75 bits per heavy atom. The van der Waals surface area contributed by atoms with Gasteiger partial charge in [0.05, 0.1) is 6.20 Å². The quantitative estimate of drug-likeness (QED) is 0.900. The van der Waals surface area contributed by atoms with Crippen LogP contribution in [0.4, 0.5) is 13.2 Å². The molecule has 0 aliphatic carbocycles. The molecule has 0 aromatic carbocycles. The Balaban J connectivity index is 2.68. The summed E-state index contributed by atoms with van der Waals surface area (Å²) in [4.78, 5) is 3.52. The van der Waals surface area contributed by atoms with E-state index >= 15 is 0 Å². The molecule has 1 aromatic heterocycles. The molecule has 0 spiro atoms. The standard InChI is InChI=1S/C9H9ClF3NO2/c1-9(13,8(11)12)4-16-7-6(10)2-5(15)3-14-7/h2-3,8,15H,4H2,1H3. The second-order valence-electron chi connectivity index (χ2n) is 3.35. The monoisotopic (exact) mass is 255 g/mol. The summed E-state index contributed by atoms with van der Waals surface area (Å²) in [5, 5.41) is 8.88. The molecule has 1 rings (SSSR count). The number of aromatic nitrogens is 1. The molecule has 0 radical (unpaired) electrons. The minimum Gasteiger partial charge on any atom is -0.506 e. The second-order valence-corrected chi connectivity index (χ2v) is 3.76. The van der Waals surface area contributed by atoms with Crippen LogP contribution in [0.5, 0.6) is 11.6 Å². The molecule has 0 saturated carbocycles. The van der Waals surface area contributed by atoms with Gasteiger partial charge >= 0.3 is 0 Å². The summed E-state index contributed by atoms with van der Waals surface area (Å²) in [6.45, 7) is -0.159. The van der Waals surface area contributed by atoms with Crippen molar-refractivity contribution < 1.29 is 23.0 Å². The molecule has 0 saturated heterocycles. The number of rotatable bonds is 4. The number of hydrogen-bond donors (Lipinski definition) is 1. The summed E-state index contributed by atoms with van der Waals surface area (Å²) >= 11 is 5.58. The van der Waals surface area contributed by atoms with Gasteiger partial charge in [0, 0.05) is 6.07 Å². The molecule has 0 fully saturated rings. The molecule has 90 valence electrons. The number of aromatic hydroxyl groups is 1. The number of pyridine rings is 1. The van der Waals surface area contributed by atoms with Crippen LogP contribution in [0.25, 0.3) is 0 Å². The van der Waals surface area contributed by atoms with Gasteiger partial charge in [0.1, 0.15) is 17.4 Å². The van der Waals surface area contributed by atoms with Crippen molar-refractivity contribution in [2.24, 2.45) is 0 Å². The fraction of sp³-hybridized carbons (Fsp3) is 0.444. The largest absolute Gasteiger partial charge is 0.506 e. The Morgan fingerprint density at radius 1 is 1.62 bits per heavy atom. The van der Waals surface area contributed by atoms with Crippen LogP contribution in [-0.2, 0) is 0 Å². The van der Waals surface area contributed by atoms with Gasteiger partial charge in [0.25, 0.3) is 6.43 Å². The van der Waals surface area contributed by atoms with Crippen molar-refractivity contribution in [3.8, 4) is 11.6 Å². The van der Waals surface area contributed by atoms with Gasteiger partial charge in [-0.15, -0.1) is 0 Å². The lowest BCUT2D eigenvalue weighted by Crippen LogP contribution is -2.35. The van der Waals surface area contributed by atoms with Crippen molar-refractivity contribution in [1.29, 1.82) is 0 Å². The zero-order valence-corrected chi connectivity index (χ0v) is 9.01. The molecule has 7 heteroatoms. The zero-order valence-electron chi connectivity index (χ0n) is 8.25. The van der Waals surface area contributed by atoms with E-state index < -0.39 is 18.7 Å². The van der Waals surface area contributed by atoms with Gasteiger partial charge in [0.15, 0.2) is 0 Å². The number of ether oxygens (including phenoxy) is 1. The highest BCUT2D eigenvalue weighted by Crippen LogP contribution is 2.27. The first-order valence-corrected chi connectivity index (χ1v) is 4.65. The molecule has 1 aromatic rings. The van der Waals surface area contributed by atoms with Crippen LogP contribution >= 0.6 is 11.6 Å². The summed E-state index contributed by atoms with van der Waals surface area (Å²) in [5.74, 6) is -0.404. The van der Waals surface area contributed by atoms with Crippen molar-refractivity contribution >= 4 is 11.6 Å². The summed E-state index contributed by atoms with van der Waals surface area (Å²) in [6, 6.07) is 1.11. The lowest BCUT2D eigenvalue weighted by molar-refractivity contribution is -0.0490. The number of alkyl halides is 3. The van der Waals surface area contributed by atoms with Gasteiger partial charge in [-0.05, 0) is 6.92 Å². The van der Waals surface area contributed by atoms with Crippen LogP contribution in [-0.4, -0.2) is 28.8 Å². The molecule has 3 nitrogen and oxygen atoms in total. The second kappa shape index (κ2) is 4.78. The van der Waals surface area contributed by atoms with Crippen molar-refractivity contribution in [1.82, 2.24) is 4.98 Å². The number of hydrogen-bond acceptors (Lipinski definition) is 3. The van der Waals surface area contributed by atoms with E-state index in [2.05, 4.69) is 4.98 Å². The van der Waals surface area contributed by atoms with Gasteiger partial charge in [0.2, 0.25) is 11.5 Å². The number of halogens is 4. The van der Waals surface area contributed by atoms with E-state index in [0.717, 1.165) is 12.3 Å². The third-order valence-corrected chi connectivity index (χ3v) is 2.01. The molecule has 1 unspecified atom stereocenters. The van der Waals surface area contributed by atoms with Crippen LogP contribution in [0.3, 0.4) is 0 Å². The number of nitrogens with zero attached hydrogens (tertiary/aromatic N) is 1. The van der Waals surface area contributed by atoms with Crippen LogP contribution in [0.1, 0.15) is 6.92 Å². The smallest absolute Gasteiger partial charge is 0.275 e. The first-order chi connectivity index (χ1) is 7.33. The minimum atomic E-state index is -3.16. The molecule has 0 aliphatic rings. The van der Waals surface area contributed by atoms with Crippen molar-refractivity contribution in [2.45, 2.75) is 19.0 Å². The van der Waals surface area contributed by atoms with E-state index in [-0.39, 0.29) is 16.7 Å². The van der Waals surface area contributed by atoms with Gasteiger partial charge < -0.3 is 9.84 Å². The summed E-state index contributed by atoms with van der Waals surface area (Å²) in [5.41, 5.74) is -2.77. The molecule has 0 aliphatic heterocycles. The lowest BCUT2D eigenvalue weighted by Gasteiger charge is -2.19. The summed E-state index contributed by atoms with van der Waals surface area (Å²) in [6.07, 6.45) is -2.15. The normalized spacial score (nSPS) is 14.9. The fourth-order valence-electron chi connectivity index (χ4n) is 0.794. The van der Waals surface area contributed by atoms with Crippen molar-refractivity contribution in [3.63, 3.8) is 0 Å². The van der Waals surface area contributed by atoms with Crippen LogP contribution in [0.2, 0.25) is 5.02 Å². The van der Waals surface area contributed by atoms with E-state index in [1.807, 2.05) is 0 Å². The molecular weight excluding hydrogens is 247 g/mol. The third-order valence-electron chi connectivity index (χ3n) is 1.74. The van der Waals surface area contributed by atoms with Gasteiger partial charge in [-0.1, -0.05) is 11.6 Å². The van der Waals surface area contributed by atoms with E-state index in [4.69, 9.17) is 21.4 Å². The Hall–Kier alpha value is -1.17. The fourth-order valence-corrected chi connectivity index (χ4v) is 1.01. The van der Waals surface area contributed by atoms with Crippen LogP contribution < -0.4 is 4.74 Å². The Bertz CT molecular complexity index is 374. The predicted octanol–water partition coefficient (Wildman–Crippen LogP) is 2.81. The third kappa shape index (κ3) is 3.16. The first kappa shape index (κ1) is 12.9. The molecule has 1 N–H and O–H groups in total. The topological polar surface area (TPSA) is 42.4 Å². The van der Waals surface area contributed by atoms with Crippen LogP contribution in [0.15, 0.2) is 12.3 Å². The lowest BCUT2D eigenvalue weighted by atomic mass is 10.1. The van der Waals surface area contributed by atoms with E-state index in [9.17, 15) is 13.2 Å². The highest BCUT2D eigenvalue weighted by atomic mass is 35.5. The summed E-state index contributed by atoms with van der Waals surface area (Å²) in [7, 11) is 0. The van der Waals surface area contributed by atoms with Gasteiger partial charge in [-0.3, -0.25) is 0 Å². The Kier molecular flexibility index (Phi) is 3.85. The van der Waals surface area contributed by atoms with E-state index in [1.54, 1.807) is 0 Å². The molecule has 0 bridgehead atoms. The van der Waals surface area contributed by atoms with Crippen molar-refractivity contribution in [3.05, 3.63) is 17.3 Å². The maximum atomic E-state index is 13.1. The van der Waals surface area contributed by atoms with Crippen molar-refractivity contribution in [2.75, 3.05) is 6.61 Å². The Labute approximate surface area is 94.8 Å².